The Kier molecular flexibility index (Phi) is 9.66. The average molecular weight is 394 g/mol. The SMILES string of the molecule is CCOC(=O)c1ccc(C(C)NN)cc1.CCOS(=O)(=O)c1ccccc1. The summed E-state index contributed by atoms with van der Waals surface area (Å²) in [7, 11) is -3.51. The highest BCUT2D eigenvalue weighted by Gasteiger charge is 2.12. The second-order valence-electron chi connectivity index (χ2n) is 5.40. The number of hydrogen-bond acceptors (Lipinski definition) is 7. The van der Waals surface area contributed by atoms with E-state index in [-0.39, 0.29) is 23.5 Å². The summed E-state index contributed by atoms with van der Waals surface area (Å²) in [6, 6.07) is 15.3. The van der Waals surface area contributed by atoms with Gasteiger partial charge in [-0.3, -0.25) is 15.5 Å². The normalized spacial score (nSPS) is 11.9. The lowest BCUT2D eigenvalue weighted by Crippen LogP contribution is -2.25. The minimum atomic E-state index is -3.51. The molecule has 0 aromatic heterocycles. The molecule has 0 aliphatic carbocycles. The fraction of sp³-hybridized carbons (Fsp3) is 0.316. The standard InChI is InChI=1S/C11H16N2O2.C8H10O3S/c1-3-15-11(14)10-6-4-9(5-7-10)8(2)13-12;1-2-11-12(9,10)8-6-4-3-5-7-8/h4-8,13H,3,12H2,1-2H3;3-7H,2H2,1H3. The predicted molar refractivity (Wildman–Crippen MR) is 103 cm³/mol. The monoisotopic (exact) mass is 394 g/mol. The van der Waals surface area contributed by atoms with E-state index in [0.717, 1.165) is 5.56 Å². The second-order valence-corrected chi connectivity index (χ2v) is 7.02. The van der Waals surface area contributed by atoms with Gasteiger partial charge in [-0.2, -0.15) is 8.42 Å². The molecule has 0 amide bonds. The Morgan fingerprint density at radius 3 is 2.11 bits per heavy atom. The zero-order chi connectivity index (χ0) is 20.3. The number of benzene rings is 2. The molecule has 0 fully saturated rings. The van der Waals surface area contributed by atoms with Gasteiger partial charge in [-0.1, -0.05) is 30.3 Å². The van der Waals surface area contributed by atoms with E-state index >= 15 is 0 Å². The van der Waals surface area contributed by atoms with Crippen molar-refractivity contribution in [3.63, 3.8) is 0 Å². The molecule has 27 heavy (non-hydrogen) atoms. The van der Waals surface area contributed by atoms with Gasteiger partial charge in [0.05, 0.1) is 23.7 Å². The van der Waals surface area contributed by atoms with Gasteiger partial charge < -0.3 is 4.74 Å². The first-order chi connectivity index (χ1) is 12.9. The van der Waals surface area contributed by atoms with Gasteiger partial charge in [0, 0.05) is 6.04 Å². The van der Waals surface area contributed by atoms with Gasteiger partial charge in [-0.15, -0.1) is 0 Å². The first kappa shape index (κ1) is 22.8. The van der Waals surface area contributed by atoms with Crippen LogP contribution in [0, 0.1) is 0 Å². The predicted octanol–water partition coefficient (Wildman–Crippen LogP) is 2.80. The summed E-state index contributed by atoms with van der Waals surface area (Å²) in [6.07, 6.45) is 0. The molecule has 0 aliphatic heterocycles. The van der Waals surface area contributed by atoms with E-state index in [9.17, 15) is 13.2 Å². The molecule has 0 bridgehead atoms. The minimum absolute atomic E-state index is 0.0706. The molecule has 148 valence electrons. The molecule has 7 nitrogen and oxygen atoms in total. The van der Waals surface area contributed by atoms with E-state index in [0.29, 0.717) is 12.2 Å². The van der Waals surface area contributed by atoms with Crippen molar-refractivity contribution in [3.05, 3.63) is 65.7 Å². The highest BCUT2D eigenvalue weighted by molar-refractivity contribution is 7.86. The van der Waals surface area contributed by atoms with Crippen LogP contribution < -0.4 is 11.3 Å². The van der Waals surface area contributed by atoms with E-state index in [2.05, 4.69) is 9.61 Å². The molecule has 0 saturated carbocycles. The number of ether oxygens (including phenoxy) is 1. The van der Waals surface area contributed by atoms with Crippen LogP contribution in [0.2, 0.25) is 0 Å². The van der Waals surface area contributed by atoms with Crippen molar-refractivity contribution in [2.45, 2.75) is 31.7 Å². The molecule has 3 N–H and O–H groups in total. The Bertz CT molecular complexity index is 793. The molecule has 1 unspecified atom stereocenters. The van der Waals surface area contributed by atoms with Gasteiger partial charge in [0.1, 0.15) is 0 Å². The Labute approximate surface area is 160 Å². The molecular weight excluding hydrogens is 368 g/mol. The van der Waals surface area contributed by atoms with E-state index in [1.165, 1.54) is 12.1 Å². The highest BCUT2D eigenvalue weighted by Crippen LogP contribution is 2.13. The number of hydrazine groups is 1. The third-order valence-corrected chi connectivity index (χ3v) is 4.87. The first-order valence-electron chi connectivity index (χ1n) is 8.53. The maximum absolute atomic E-state index is 11.3. The lowest BCUT2D eigenvalue weighted by molar-refractivity contribution is 0.0526. The first-order valence-corrected chi connectivity index (χ1v) is 9.94. The number of esters is 1. The Hall–Kier alpha value is -2.26. The number of carbonyl (C=O) groups is 1. The maximum atomic E-state index is 11.3. The van der Waals surface area contributed by atoms with Crippen LogP contribution in [0.3, 0.4) is 0 Å². The van der Waals surface area contributed by atoms with Crippen LogP contribution in [0.4, 0.5) is 0 Å². The number of rotatable bonds is 7. The summed E-state index contributed by atoms with van der Waals surface area (Å²) in [5.41, 5.74) is 4.23. The van der Waals surface area contributed by atoms with Gasteiger partial charge in [0.15, 0.2) is 0 Å². The summed E-state index contributed by atoms with van der Waals surface area (Å²) >= 11 is 0. The molecule has 2 aromatic rings. The van der Waals surface area contributed by atoms with Crippen LogP contribution in [-0.4, -0.2) is 27.6 Å². The van der Waals surface area contributed by atoms with Crippen molar-refractivity contribution in [1.82, 2.24) is 5.43 Å². The van der Waals surface area contributed by atoms with E-state index in [4.69, 9.17) is 10.6 Å². The van der Waals surface area contributed by atoms with Crippen molar-refractivity contribution >= 4 is 16.1 Å². The molecule has 0 heterocycles. The van der Waals surface area contributed by atoms with Gasteiger partial charge in [0.25, 0.3) is 10.1 Å². The molecule has 0 spiro atoms. The number of carbonyl (C=O) groups excluding carboxylic acids is 1. The van der Waals surface area contributed by atoms with Crippen LogP contribution in [0.5, 0.6) is 0 Å². The molecular formula is C19H26N2O5S. The highest BCUT2D eigenvalue weighted by atomic mass is 32.2. The molecule has 0 saturated heterocycles. The maximum Gasteiger partial charge on any atom is 0.338 e. The average Bonchev–Trinajstić information content (AvgIpc) is 2.69. The minimum Gasteiger partial charge on any atom is -0.462 e. The van der Waals surface area contributed by atoms with Crippen molar-refractivity contribution < 1.29 is 22.1 Å². The fourth-order valence-corrected chi connectivity index (χ4v) is 2.97. The topological polar surface area (TPSA) is 108 Å². The van der Waals surface area contributed by atoms with Gasteiger partial charge >= 0.3 is 5.97 Å². The Morgan fingerprint density at radius 2 is 1.63 bits per heavy atom. The number of nitrogens with two attached hydrogens (primary N) is 1. The van der Waals surface area contributed by atoms with Crippen LogP contribution in [0.1, 0.15) is 42.7 Å². The quantitative estimate of drug-likeness (QED) is 0.322. The summed E-state index contributed by atoms with van der Waals surface area (Å²) in [5.74, 6) is 5.01. The summed E-state index contributed by atoms with van der Waals surface area (Å²) in [6.45, 7) is 5.92. The largest absolute Gasteiger partial charge is 0.462 e. The summed E-state index contributed by atoms with van der Waals surface area (Å²) < 4.78 is 31.9. The molecule has 1 atom stereocenters. The third-order valence-electron chi connectivity index (χ3n) is 3.48. The zero-order valence-corrected chi connectivity index (χ0v) is 16.5. The Balaban J connectivity index is 0.000000277. The van der Waals surface area contributed by atoms with Crippen LogP contribution in [-0.2, 0) is 19.0 Å². The van der Waals surface area contributed by atoms with Crippen LogP contribution in [0.15, 0.2) is 59.5 Å². The van der Waals surface area contributed by atoms with Crippen molar-refractivity contribution in [2.24, 2.45) is 5.84 Å². The number of nitrogens with one attached hydrogen (secondary N) is 1. The van der Waals surface area contributed by atoms with Crippen LogP contribution in [0.25, 0.3) is 0 Å². The van der Waals surface area contributed by atoms with Gasteiger partial charge in [-0.05, 0) is 50.6 Å². The fourth-order valence-electron chi connectivity index (χ4n) is 2.03. The van der Waals surface area contributed by atoms with Gasteiger partial charge in [-0.25, -0.2) is 4.79 Å². The Morgan fingerprint density at radius 1 is 1.04 bits per heavy atom. The molecule has 2 aromatic carbocycles. The third kappa shape index (κ3) is 7.48. The zero-order valence-electron chi connectivity index (χ0n) is 15.7. The van der Waals surface area contributed by atoms with E-state index < -0.39 is 10.1 Å². The summed E-state index contributed by atoms with van der Waals surface area (Å²) in [5, 5.41) is 0. The number of hydrogen-bond donors (Lipinski definition) is 2. The van der Waals surface area contributed by atoms with Crippen molar-refractivity contribution in [2.75, 3.05) is 13.2 Å². The smallest absolute Gasteiger partial charge is 0.338 e. The molecule has 8 heteroatoms. The van der Waals surface area contributed by atoms with E-state index in [1.807, 2.05) is 19.1 Å². The molecule has 0 radical (unpaired) electrons. The lowest BCUT2D eigenvalue weighted by atomic mass is 10.1. The lowest BCUT2D eigenvalue weighted by Gasteiger charge is -2.10. The van der Waals surface area contributed by atoms with E-state index in [1.54, 1.807) is 44.2 Å². The van der Waals surface area contributed by atoms with Gasteiger partial charge in [0.2, 0.25) is 0 Å². The van der Waals surface area contributed by atoms with Crippen LogP contribution >= 0.6 is 0 Å². The summed E-state index contributed by atoms with van der Waals surface area (Å²) in [4.78, 5) is 11.5. The molecule has 2 rings (SSSR count). The molecule has 0 aliphatic rings. The van der Waals surface area contributed by atoms with Crippen molar-refractivity contribution in [3.8, 4) is 0 Å². The second kappa shape index (κ2) is 11.5. The van der Waals surface area contributed by atoms with Crippen molar-refractivity contribution in [1.29, 1.82) is 0 Å².